The van der Waals surface area contributed by atoms with Gasteiger partial charge < -0.3 is 8.98 Å². The maximum Gasteiger partial charge on any atom is 0.126 e. The quantitative estimate of drug-likeness (QED) is 0.741. The number of hydrogen-bond donors (Lipinski definition) is 0. The van der Waals surface area contributed by atoms with Gasteiger partial charge in [-0.05, 0) is 19.1 Å². The normalized spacial score (nSPS) is 18.5. The smallest absolute Gasteiger partial charge is 0.126 e. The van der Waals surface area contributed by atoms with Crippen LogP contribution in [0.3, 0.4) is 0 Å². The molecule has 0 fully saturated rings. The van der Waals surface area contributed by atoms with Crippen molar-refractivity contribution in [3.05, 3.63) is 60.3 Å². The standard InChI is InChI=1S/C16H19N5O/c1-13-16-17-9-15(11-20-5-2-4-18-20)21(16)7-6-19(13)10-14-3-8-22-12-14/h2-5,8-9,12-13H,6-7,10-11H2,1H3/t13-/m0/s1. The molecule has 0 aromatic carbocycles. The van der Waals surface area contributed by atoms with Crippen LogP contribution in [0.25, 0.3) is 0 Å². The summed E-state index contributed by atoms with van der Waals surface area (Å²) in [6, 6.07) is 4.27. The van der Waals surface area contributed by atoms with Crippen molar-refractivity contribution in [3.8, 4) is 0 Å². The molecule has 0 aliphatic carbocycles. The summed E-state index contributed by atoms with van der Waals surface area (Å²) in [4.78, 5) is 7.09. The molecule has 114 valence electrons. The monoisotopic (exact) mass is 297 g/mol. The van der Waals surface area contributed by atoms with Crippen molar-refractivity contribution >= 4 is 0 Å². The van der Waals surface area contributed by atoms with Crippen molar-refractivity contribution in [2.45, 2.75) is 32.6 Å². The fraction of sp³-hybridized carbons (Fsp3) is 0.375. The Balaban J connectivity index is 1.54. The molecular weight excluding hydrogens is 278 g/mol. The lowest BCUT2D eigenvalue weighted by Crippen LogP contribution is -2.37. The van der Waals surface area contributed by atoms with Crippen molar-refractivity contribution in [1.29, 1.82) is 0 Å². The van der Waals surface area contributed by atoms with E-state index in [1.807, 2.05) is 41.7 Å². The van der Waals surface area contributed by atoms with Gasteiger partial charge in [0.15, 0.2) is 0 Å². The summed E-state index contributed by atoms with van der Waals surface area (Å²) in [6.07, 6.45) is 9.32. The first kappa shape index (κ1) is 13.3. The van der Waals surface area contributed by atoms with E-state index < -0.39 is 0 Å². The summed E-state index contributed by atoms with van der Waals surface area (Å²) >= 11 is 0. The Morgan fingerprint density at radius 2 is 2.27 bits per heavy atom. The first-order valence-corrected chi connectivity index (χ1v) is 7.58. The Morgan fingerprint density at radius 1 is 1.32 bits per heavy atom. The van der Waals surface area contributed by atoms with Crippen LogP contribution >= 0.6 is 0 Å². The Labute approximate surface area is 129 Å². The zero-order valence-electron chi connectivity index (χ0n) is 12.6. The maximum atomic E-state index is 5.17. The molecule has 1 aliphatic heterocycles. The van der Waals surface area contributed by atoms with E-state index in [1.165, 1.54) is 11.3 Å². The first-order valence-electron chi connectivity index (χ1n) is 7.58. The molecule has 1 atom stereocenters. The third-order valence-corrected chi connectivity index (χ3v) is 4.35. The molecule has 3 aromatic rings. The fourth-order valence-corrected chi connectivity index (χ4v) is 3.12. The molecule has 1 aliphatic rings. The van der Waals surface area contributed by atoms with Gasteiger partial charge in [0.25, 0.3) is 0 Å². The summed E-state index contributed by atoms with van der Waals surface area (Å²) in [5.74, 6) is 1.14. The van der Waals surface area contributed by atoms with Gasteiger partial charge in [-0.3, -0.25) is 9.58 Å². The van der Waals surface area contributed by atoms with Gasteiger partial charge in [-0.25, -0.2) is 4.98 Å². The Bertz CT molecular complexity index is 729. The van der Waals surface area contributed by atoms with Crippen LogP contribution in [0.15, 0.2) is 47.7 Å². The third-order valence-electron chi connectivity index (χ3n) is 4.35. The Morgan fingerprint density at radius 3 is 3.05 bits per heavy atom. The minimum absolute atomic E-state index is 0.301. The van der Waals surface area contributed by atoms with E-state index in [1.54, 1.807) is 6.26 Å². The van der Waals surface area contributed by atoms with E-state index in [0.717, 1.165) is 32.0 Å². The summed E-state index contributed by atoms with van der Waals surface area (Å²) < 4.78 is 9.44. The van der Waals surface area contributed by atoms with E-state index in [4.69, 9.17) is 4.42 Å². The molecule has 0 amide bonds. The molecule has 22 heavy (non-hydrogen) atoms. The number of hydrogen-bond acceptors (Lipinski definition) is 4. The SMILES string of the molecule is C[C@H]1c2ncc(Cn3cccn3)n2CCN1Cc1ccoc1. The molecule has 0 saturated heterocycles. The van der Waals surface area contributed by atoms with Crippen LogP contribution in [0, 0.1) is 0 Å². The average molecular weight is 297 g/mol. The summed E-state index contributed by atoms with van der Waals surface area (Å²) in [7, 11) is 0. The Hall–Kier alpha value is -2.34. The van der Waals surface area contributed by atoms with Crippen LogP contribution in [0.5, 0.6) is 0 Å². The minimum Gasteiger partial charge on any atom is -0.472 e. The van der Waals surface area contributed by atoms with Crippen molar-refractivity contribution < 1.29 is 4.42 Å². The van der Waals surface area contributed by atoms with Crippen LogP contribution < -0.4 is 0 Å². The molecule has 4 heterocycles. The van der Waals surface area contributed by atoms with E-state index >= 15 is 0 Å². The van der Waals surface area contributed by atoms with Crippen LogP contribution in [0.1, 0.15) is 30.0 Å². The summed E-state index contributed by atoms with van der Waals surface area (Å²) in [5, 5.41) is 4.28. The highest BCUT2D eigenvalue weighted by Crippen LogP contribution is 2.27. The zero-order valence-corrected chi connectivity index (χ0v) is 12.6. The topological polar surface area (TPSA) is 52.0 Å². The van der Waals surface area contributed by atoms with E-state index in [9.17, 15) is 0 Å². The second kappa shape index (κ2) is 5.46. The van der Waals surface area contributed by atoms with Gasteiger partial charge >= 0.3 is 0 Å². The highest BCUT2D eigenvalue weighted by atomic mass is 16.3. The fourth-order valence-electron chi connectivity index (χ4n) is 3.12. The maximum absolute atomic E-state index is 5.17. The molecule has 0 spiro atoms. The number of furan rings is 1. The van der Waals surface area contributed by atoms with Crippen molar-refractivity contribution in [2.24, 2.45) is 0 Å². The molecule has 0 radical (unpaired) electrons. The number of fused-ring (bicyclic) bond motifs is 1. The average Bonchev–Trinajstić information content (AvgIpc) is 3.25. The van der Waals surface area contributed by atoms with Crippen molar-refractivity contribution in [1.82, 2.24) is 24.2 Å². The van der Waals surface area contributed by atoms with Crippen LogP contribution in [-0.2, 0) is 19.6 Å². The highest BCUT2D eigenvalue weighted by Gasteiger charge is 2.27. The Kier molecular flexibility index (Phi) is 3.31. The van der Waals surface area contributed by atoms with Crippen LogP contribution in [-0.4, -0.2) is 30.8 Å². The molecular formula is C16H19N5O. The molecule has 0 saturated carbocycles. The predicted molar refractivity (Wildman–Crippen MR) is 81.1 cm³/mol. The van der Waals surface area contributed by atoms with Gasteiger partial charge in [0.1, 0.15) is 5.82 Å². The van der Waals surface area contributed by atoms with Gasteiger partial charge in [0.2, 0.25) is 0 Å². The first-order chi connectivity index (χ1) is 10.8. The van der Waals surface area contributed by atoms with Crippen LogP contribution in [0.2, 0.25) is 0 Å². The molecule has 6 heteroatoms. The van der Waals surface area contributed by atoms with Gasteiger partial charge in [-0.1, -0.05) is 0 Å². The van der Waals surface area contributed by atoms with Gasteiger partial charge in [-0.2, -0.15) is 5.10 Å². The molecule has 6 nitrogen and oxygen atoms in total. The minimum atomic E-state index is 0.301. The lowest BCUT2D eigenvalue weighted by atomic mass is 10.2. The number of imidazole rings is 1. The van der Waals surface area contributed by atoms with Crippen molar-refractivity contribution in [2.75, 3.05) is 6.54 Å². The van der Waals surface area contributed by atoms with Gasteiger partial charge in [-0.15, -0.1) is 0 Å². The molecule has 0 N–H and O–H groups in total. The molecule has 3 aromatic heterocycles. The largest absolute Gasteiger partial charge is 0.472 e. The third kappa shape index (κ3) is 2.35. The van der Waals surface area contributed by atoms with E-state index in [2.05, 4.69) is 26.5 Å². The van der Waals surface area contributed by atoms with E-state index in [0.29, 0.717) is 6.04 Å². The second-order valence-corrected chi connectivity index (χ2v) is 5.74. The summed E-state index contributed by atoms with van der Waals surface area (Å²) in [6.45, 7) is 5.87. The lowest BCUT2D eigenvalue weighted by Gasteiger charge is -2.34. The zero-order chi connectivity index (χ0) is 14.9. The van der Waals surface area contributed by atoms with Gasteiger partial charge in [0, 0.05) is 37.6 Å². The van der Waals surface area contributed by atoms with Crippen LogP contribution in [0.4, 0.5) is 0 Å². The van der Waals surface area contributed by atoms with E-state index in [-0.39, 0.29) is 0 Å². The lowest BCUT2D eigenvalue weighted by molar-refractivity contribution is 0.154. The summed E-state index contributed by atoms with van der Waals surface area (Å²) in [5.41, 5.74) is 2.43. The number of nitrogens with zero attached hydrogens (tertiary/aromatic N) is 5. The molecule has 0 unspecified atom stereocenters. The molecule has 4 rings (SSSR count). The number of aromatic nitrogens is 4. The van der Waals surface area contributed by atoms with Crippen molar-refractivity contribution in [3.63, 3.8) is 0 Å². The van der Waals surface area contributed by atoms with Gasteiger partial charge in [0.05, 0.1) is 37.0 Å². The number of rotatable bonds is 4. The highest BCUT2D eigenvalue weighted by molar-refractivity contribution is 5.13. The predicted octanol–water partition coefficient (Wildman–Crippen LogP) is 2.30. The second-order valence-electron chi connectivity index (χ2n) is 5.74. The molecule has 0 bridgehead atoms.